The summed E-state index contributed by atoms with van der Waals surface area (Å²) in [5.41, 5.74) is 0.553. The largest absolute Gasteiger partial charge is 0.490 e. The van der Waals surface area contributed by atoms with Crippen molar-refractivity contribution in [2.75, 3.05) is 13.2 Å². The zero-order valence-corrected chi connectivity index (χ0v) is 15.9. The van der Waals surface area contributed by atoms with E-state index in [0.717, 1.165) is 0 Å². The van der Waals surface area contributed by atoms with Gasteiger partial charge in [-0.25, -0.2) is 22.7 Å². The Balaban J connectivity index is 1.57. The molecule has 0 radical (unpaired) electrons. The summed E-state index contributed by atoms with van der Waals surface area (Å²) in [7, 11) is -3.76. The van der Waals surface area contributed by atoms with Crippen molar-refractivity contribution < 1.29 is 27.1 Å². The van der Waals surface area contributed by atoms with Gasteiger partial charge in [0, 0.05) is 10.1 Å². The molecule has 2 aromatic carbocycles. The van der Waals surface area contributed by atoms with Crippen molar-refractivity contribution in [3.05, 3.63) is 58.7 Å². The number of fused-ring (bicyclic) bond motifs is 1. The van der Waals surface area contributed by atoms with Crippen LogP contribution in [0.5, 0.6) is 5.75 Å². The average molecular weight is 409 g/mol. The Kier molecular flexibility index (Phi) is 5.45. The van der Waals surface area contributed by atoms with Crippen LogP contribution >= 0.6 is 11.3 Å². The van der Waals surface area contributed by atoms with Gasteiger partial charge in [-0.3, -0.25) is 0 Å². The molecular formula is C18H16FNO5S2. The van der Waals surface area contributed by atoms with Crippen molar-refractivity contribution in [2.24, 2.45) is 5.14 Å². The number of halogens is 1. The second-order valence-corrected chi connectivity index (χ2v) is 8.28. The molecule has 27 heavy (non-hydrogen) atoms. The third-order valence-corrected chi connectivity index (χ3v) is 5.99. The zero-order chi connectivity index (χ0) is 19.6. The molecule has 3 aromatic rings. The number of sulfonamides is 1. The topological polar surface area (TPSA) is 95.7 Å². The van der Waals surface area contributed by atoms with Crippen LogP contribution in [0.4, 0.5) is 4.39 Å². The molecule has 0 saturated heterocycles. The highest BCUT2D eigenvalue weighted by Gasteiger charge is 2.18. The lowest BCUT2D eigenvalue weighted by molar-refractivity contribution is 0.0455. The van der Waals surface area contributed by atoms with Gasteiger partial charge >= 0.3 is 5.97 Å². The Morgan fingerprint density at radius 1 is 1.15 bits per heavy atom. The number of carbonyl (C=O) groups excluding carboxylic acids is 1. The van der Waals surface area contributed by atoms with Crippen molar-refractivity contribution in [1.82, 2.24) is 0 Å². The summed E-state index contributed by atoms with van der Waals surface area (Å²) in [6.45, 7) is 1.76. The average Bonchev–Trinajstić information content (AvgIpc) is 2.96. The molecule has 0 aliphatic carbocycles. The number of esters is 1. The van der Waals surface area contributed by atoms with E-state index in [1.165, 1.54) is 41.7 Å². The number of primary sulfonamides is 1. The SMILES string of the molecule is Cc1c(C(=O)OCCOc2ccc(S(N)(=O)=O)cc2)sc2cccc(F)c12. The first-order valence-electron chi connectivity index (χ1n) is 7.88. The fraction of sp³-hybridized carbons (Fsp3) is 0.167. The van der Waals surface area contributed by atoms with Crippen LogP contribution in [0.2, 0.25) is 0 Å². The van der Waals surface area contributed by atoms with Crippen molar-refractivity contribution in [1.29, 1.82) is 0 Å². The first-order valence-corrected chi connectivity index (χ1v) is 10.2. The maximum absolute atomic E-state index is 13.9. The third-order valence-electron chi connectivity index (χ3n) is 3.83. The van der Waals surface area contributed by atoms with E-state index in [0.29, 0.717) is 26.3 Å². The minimum Gasteiger partial charge on any atom is -0.490 e. The number of hydrogen-bond donors (Lipinski definition) is 1. The first-order chi connectivity index (χ1) is 12.8. The van der Waals surface area contributed by atoms with Crippen LogP contribution in [0.15, 0.2) is 47.4 Å². The molecular weight excluding hydrogens is 393 g/mol. The lowest BCUT2D eigenvalue weighted by atomic mass is 10.1. The highest BCUT2D eigenvalue weighted by atomic mass is 32.2. The van der Waals surface area contributed by atoms with Gasteiger partial charge in [-0.15, -0.1) is 11.3 Å². The van der Waals surface area contributed by atoms with Gasteiger partial charge in [0.2, 0.25) is 10.0 Å². The van der Waals surface area contributed by atoms with Gasteiger partial charge in [0.05, 0.1) is 4.90 Å². The number of thiophene rings is 1. The lowest BCUT2D eigenvalue weighted by Crippen LogP contribution is -2.13. The molecule has 0 bridgehead atoms. The standard InChI is InChI=1S/C18H16FNO5S2/c1-11-16-14(19)3-2-4-15(16)26-17(11)18(21)25-10-9-24-12-5-7-13(8-6-12)27(20,22)23/h2-8H,9-10H2,1H3,(H2,20,22,23). The Morgan fingerprint density at radius 2 is 1.85 bits per heavy atom. The molecule has 0 fully saturated rings. The van der Waals surface area contributed by atoms with Crippen molar-refractivity contribution in [2.45, 2.75) is 11.8 Å². The van der Waals surface area contributed by atoms with Crippen molar-refractivity contribution >= 4 is 37.4 Å². The highest BCUT2D eigenvalue weighted by molar-refractivity contribution is 7.89. The smallest absolute Gasteiger partial charge is 0.348 e. The molecule has 1 heterocycles. The normalized spacial score (nSPS) is 11.5. The van der Waals surface area contributed by atoms with Gasteiger partial charge in [0.25, 0.3) is 0 Å². The highest BCUT2D eigenvalue weighted by Crippen LogP contribution is 2.32. The van der Waals surface area contributed by atoms with Crippen LogP contribution in [-0.4, -0.2) is 27.6 Å². The summed E-state index contributed by atoms with van der Waals surface area (Å²) in [4.78, 5) is 12.6. The summed E-state index contributed by atoms with van der Waals surface area (Å²) in [5, 5.41) is 5.45. The molecule has 0 aliphatic heterocycles. The minimum atomic E-state index is -3.76. The van der Waals surface area contributed by atoms with Crippen LogP contribution in [-0.2, 0) is 14.8 Å². The summed E-state index contributed by atoms with van der Waals surface area (Å²) >= 11 is 1.18. The van der Waals surface area contributed by atoms with E-state index in [2.05, 4.69) is 0 Å². The molecule has 0 spiro atoms. The second kappa shape index (κ2) is 7.63. The first kappa shape index (κ1) is 19.3. The van der Waals surface area contributed by atoms with Crippen LogP contribution < -0.4 is 9.88 Å². The fourth-order valence-corrected chi connectivity index (χ4v) is 4.17. The Hall–Kier alpha value is -2.49. The van der Waals surface area contributed by atoms with E-state index in [9.17, 15) is 17.6 Å². The number of nitrogens with two attached hydrogens (primary N) is 1. The maximum atomic E-state index is 13.9. The summed E-state index contributed by atoms with van der Waals surface area (Å²) in [5.74, 6) is -0.494. The predicted octanol–water partition coefficient (Wildman–Crippen LogP) is 3.23. The van der Waals surface area contributed by atoms with Crippen LogP contribution in [0, 0.1) is 12.7 Å². The predicted molar refractivity (Wildman–Crippen MR) is 100 cm³/mol. The van der Waals surface area contributed by atoms with E-state index in [4.69, 9.17) is 14.6 Å². The van der Waals surface area contributed by atoms with Gasteiger partial charge in [0.15, 0.2) is 0 Å². The Morgan fingerprint density at radius 3 is 2.48 bits per heavy atom. The monoisotopic (exact) mass is 409 g/mol. The molecule has 2 N–H and O–H groups in total. The van der Waals surface area contributed by atoms with Crippen molar-refractivity contribution in [3.8, 4) is 5.75 Å². The quantitative estimate of drug-likeness (QED) is 0.498. The van der Waals surface area contributed by atoms with E-state index in [1.54, 1.807) is 19.1 Å². The molecule has 0 aliphatic rings. The Labute approximate surface area is 159 Å². The molecule has 0 saturated carbocycles. The zero-order valence-electron chi connectivity index (χ0n) is 14.3. The molecule has 6 nitrogen and oxygen atoms in total. The number of hydrogen-bond acceptors (Lipinski definition) is 6. The number of ether oxygens (including phenoxy) is 2. The molecule has 0 unspecified atom stereocenters. The summed E-state index contributed by atoms with van der Waals surface area (Å²) < 4.78 is 47.5. The number of rotatable bonds is 6. The second-order valence-electron chi connectivity index (χ2n) is 5.67. The van der Waals surface area contributed by atoms with E-state index in [-0.39, 0.29) is 23.9 Å². The molecule has 142 valence electrons. The van der Waals surface area contributed by atoms with E-state index in [1.807, 2.05) is 0 Å². The number of aryl methyl sites for hydroxylation is 1. The van der Waals surface area contributed by atoms with Crippen LogP contribution in [0.25, 0.3) is 10.1 Å². The molecule has 0 amide bonds. The molecule has 1 aromatic heterocycles. The molecule has 3 rings (SSSR count). The van der Waals surface area contributed by atoms with Crippen LogP contribution in [0.3, 0.4) is 0 Å². The molecule has 0 atom stereocenters. The minimum absolute atomic E-state index is 0.00800. The van der Waals surface area contributed by atoms with Gasteiger partial charge < -0.3 is 9.47 Å². The maximum Gasteiger partial charge on any atom is 0.348 e. The number of benzene rings is 2. The van der Waals surface area contributed by atoms with Crippen molar-refractivity contribution in [3.63, 3.8) is 0 Å². The van der Waals surface area contributed by atoms with Crippen LogP contribution in [0.1, 0.15) is 15.2 Å². The summed E-state index contributed by atoms with van der Waals surface area (Å²) in [6.07, 6.45) is 0. The van der Waals surface area contributed by atoms with E-state index < -0.39 is 16.0 Å². The fourth-order valence-electron chi connectivity index (χ4n) is 2.53. The van der Waals surface area contributed by atoms with Gasteiger partial charge in [-0.2, -0.15) is 0 Å². The third kappa shape index (κ3) is 4.26. The Bertz CT molecular complexity index is 1090. The van der Waals surface area contributed by atoms with Gasteiger partial charge in [-0.1, -0.05) is 6.07 Å². The van der Waals surface area contributed by atoms with E-state index >= 15 is 0 Å². The number of carbonyl (C=O) groups is 1. The van der Waals surface area contributed by atoms with Gasteiger partial charge in [-0.05, 0) is 48.9 Å². The molecule has 9 heteroatoms. The summed E-state index contributed by atoms with van der Waals surface area (Å²) in [6, 6.07) is 10.3. The lowest BCUT2D eigenvalue weighted by Gasteiger charge is -2.07. The van der Waals surface area contributed by atoms with Gasteiger partial charge in [0.1, 0.15) is 29.7 Å².